The third kappa shape index (κ3) is 2.37. The van der Waals surface area contributed by atoms with E-state index in [4.69, 9.17) is 13.2 Å². The summed E-state index contributed by atoms with van der Waals surface area (Å²) in [5.74, 6) is 0. The molecule has 0 saturated heterocycles. The molecule has 0 saturated carbocycles. The number of hydrogen-bond acceptors (Lipinski definition) is 0. The summed E-state index contributed by atoms with van der Waals surface area (Å²) in [4.78, 5) is 0. The third-order valence-electron chi connectivity index (χ3n) is 9.97. The van der Waals surface area contributed by atoms with Crippen molar-refractivity contribution in [3.8, 4) is 0 Å². The summed E-state index contributed by atoms with van der Waals surface area (Å²) in [7, 11) is 0. The van der Waals surface area contributed by atoms with E-state index in [1.165, 1.54) is 50.1 Å². The summed E-state index contributed by atoms with van der Waals surface area (Å²) in [5.41, 5.74) is 13.5. The Kier molecular flexibility index (Phi) is 4.46. The maximum absolute atomic E-state index is 4.73. The van der Waals surface area contributed by atoms with E-state index in [0.29, 0.717) is 0 Å². The lowest BCUT2D eigenvalue weighted by molar-refractivity contribution is 0.0216. The molecule has 0 spiro atoms. The van der Waals surface area contributed by atoms with Gasteiger partial charge in [0.1, 0.15) is 0 Å². The molecule has 3 aliphatic carbocycles. The summed E-state index contributed by atoms with van der Waals surface area (Å²) in [6.45, 7) is 35.2. The standard InChI is InChI=1S/C31H40/c1-18(2)25-20(4)16-29(10)17-30(11)27(23(7)31(29,12)22(25)6)21(5)26-19(3)14-13-15-24(26)28(30,8)9/h13-15H,1,5-6,16-17H2,2-4,7-12H3/t29-,30+,31+/m0/s1. The van der Waals surface area contributed by atoms with Gasteiger partial charge < -0.3 is 0 Å². The van der Waals surface area contributed by atoms with E-state index in [0.717, 1.165) is 18.4 Å². The Morgan fingerprint density at radius 2 is 1.58 bits per heavy atom. The molecule has 0 radical (unpaired) electrons. The van der Waals surface area contributed by atoms with Crippen molar-refractivity contribution in [1.82, 2.24) is 0 Å². The van der Waals surface area contributed by atoms with Crippen molar-refractivity contribution in [3.63, 3.8) is 0 Å². The monoisotopic (exact) mass is 412 g/mol. The fourth-order valence-corrected chi connectivity index (χ4v) is 7.90. The number of allylic oxidation sites excluding steroid dienone is 7. The van der Waals surface area contributed by atoms with Crippen molar-refractivity contribution in [2.75, 3.05) is 0 Å². The average Bonchev–Trinajstić information content (AvgIpc) is 2.63. The summed E-state index contributed by atoms with van der Waals surface area (Å²) < 4.78 is 0. The first-order valence-corrected chi connectivity index (χ1v) is 11.7. The van der Waals surface area contributed by atoms with Crippen molar-refractivity contribution in [3.05, 3.63) is 88.1 Å². The van der Waals surface area contributed by atoms with Crippen LogP contribution in [0.15, 0.2) is 71.4 Å². The minimum atomic E-state index is -0.102. The van der Waals surface area contributed by atoms with Crippen LogP contribution in [0.4, 0.5) is 0 Å². The molecule has 0 nitrogen and oxygen atoms in total. The average molecular weight is 413 g/mol. The zero-order chi connectivity index (χ0) is 23.3. The van der Waals surface area contributed by atoms with Crippen molar-refractivity contribution in [2.45, 2.75) is 80.6 Å². The second-order valence-corrected chi connectivity index (χ2v) is 11.9. The predicted molar refractivity (Wildman–Crippen MR) is 136 cm³/mol. The van der Waals surface area contributed by atoms with Gasteiger partial charge in [-0.25, -0.2) is 0 Å². The molecular weight excluding hydrogens is 372 g/mol. The molecule has 0 bridgehead atoms. The van der Waals surface area contributed by atoms with E-state index in [2.05, 4.69) is 87.1 Å². The van der Waals surface area contributed by atoms with Crippen molar-refractivity contribution in [2.24, 2.45) is 16.2 Å². The molecule has 3 atom stereocenters. The maximum atomic E-state index is 4.73. The summed E-state index contributed by atoms with van der Waals surface area (Å²) in [6, 6.07) is 6.79. The van der Waals surface area contributed by atoms with Gasteiger partial charge in [0.2, 0.25) is 0 Å². The van der Waals surface area contributed by atoms with Gasteiger partial charge in [0.25, 0.3) is 0 Å². The highest BCUT2D eigenvalue weighted by molar-refractivity contribution is 5.88. The van der Waals surface area contributed by atoms with E-state index < -0.39 is 0 Å². The molecule has 0 aromatic heterocycles. The van der Waals surface area contributed by atoms with Gasteiger partial charge >= 0.3 is 0 Å². The largest absolute Gasteiger partial charge is 0.0955 e. The molecular formula is C31H40. The van der Waals surface area contributed by atoms with E-state index >= 15 is 0 Å². The summed E-state index contributed by atoms with van der Waals surface area (Å²) >= 11 is 0. The molecule has 0 heterocycles. The SMILES string of the molecule is C=C(C)C1=C(C)C[C@@]2(C)C[C@]3(C)C(=C(C)[C@@]2(C)C1=C)C(=C)c1c(C)cccc1C3(C)C. The molecule has 1 aromatic rings. The van der Waals surface area contributed by atoms with Gasteiger partial charge in [-0.2, -0.15) is 0 Å². The Balaban J connectivity index is 2.11. The van der Waals surface area contributed by atoms with Crippen LogP contribution in [0.1, 0.15) is 84.9 Å². The molecule has 164 valence electrons. The Morgan fingerprint density at radius 1 is 0.968 bits per heavy atom. The van der Waals surface area contributed by atoms with Crippen molar-refractivity contribution >= 4 is 5.57 Å². The lowest BCUT2D eigenvalue weighted by Gasteiger charge is -2.65. The number of benzene rings is 1. The number of fused-ring (bicyclic) bond motifs is 3. The van der Waals surface area contributed by atoms with E-state index in [1.807, 2.05) is 0 Å². The van der Waals surface area contributed by atoms with Gasteiger partial charge in [-0.1, -0.05) is 89.3 Å². The second-order valence-electron chi connectivity index (χ2n) is 11.9. The van der Waals surface area contributed by atoms with Crippen molar-refractivity contribution < 1.29 is 0 Å². The first-order chi connectivity index (χ1) is 14.1. The predicted octanol–water partition coefficient (Wildman–Crippen LogP) is 8.89. The molecule has 0 heteroatoms. The Morgan fingerprint density at radius 3 is 2.16 bits per heavy atom. The van der Waals surface area contributed by atoms with Crippen LogP contribution in [0.5, 0.6) is 0 Å². The Bertz CT molecular complexity index is 1130. The van der Waals surface area contributed by atoms with Gasteiger partial charge in [-0.15, -0.1) is 0 Å². The highest BCUT2D eigenvalue weighted by atomic mass is 14.7. The maximum Gasteiger partial charge on any atom is 0.0194 e. The summed E-state index contributed by atoms with van der Waals surface area (Å²) in [5, 5.41) is 0. The number of hydrogen-bond donors (Lipinski definition) is 0. The molecule has 0 amide bonds. The third-order valence-corrected chi connectivity index (χ3v) is 9.97. The van der Waals surface area contributed by atoms with Gasteiger partial charge in [-0.05, 0) is 90.3 Å². The molecule has 1 aromatic carbocycles. The fraction of sp³-hybridized carbons (Fsp3) is 0.484. The van der Waals surface area contributed by atoms with Crippen LogP contribution in [0.2, 0.25) is 0 Å². The first kappa shape index (κ1) is 22.1. The zero-order valence-corrected chi connectivity index (χ0v) is 21.3. The van der Waals surface area contributed by atoms with Crippen LogP contribution in [0.25, 0.3) is 5.57 Å². The van der Waals surface area contributed by atoms with Gasteiger partial charge in [0, 0.05) is 10.8 Å². The quantitative estimate of drug-likeness (QED) is 0.432. The summed E-state index contributed by atoms with van der Waals surface area (Å²) in [6.07, 6.45) is 2.22. The molecule has 3 aliphatic rings. The molecule has 31 heavy (non-hydrogen) atoms. The van der Waals surface area contributed by atoms with Crippen LogP contribution < -0.4 is 0 Å². The lowest BCUT2D eigenvalue weighted by Crippen LogP contribution is -2.57. The molecule has 0 aliphatic heterocycles. The molecule has 0 N–H and O–H groups in total. The smallest absolute Gasteiger partial charge is 0.0194 e. The van der Waals surface area contributed by atoms with E-state index in [1.54, 1.807) is 0 Å². The van der Waals surface area contributed by atoms with Gasteiger partial charge in [0.15, 0.2) is 0 Å². The van der Waals surface area contributed by atoms with Crippen LogP contribution in [0, 0.1) is 23.2 Å². The second kappa shape index (κ2) is 6.25. The normalized spacial score (nSPS) is 34.4. The topological polar surface area (TPSA) is 0 Å². The first-order valence-electron chi connectivity index (χ1n) is 11.7. The van der Waals surface area contributed by atoms with Crippen molar-refractivity contribution in [1.29, 1.82) is 0 Å². The minimum absolute atomic E-state index is 0.0179. The van der Waals surface area contributed by atoms with Crippen LogP contribution >= 0.6 is 0 Å². The Hall–Kier alpha value is -2.08. The van der Waals surface area contributed by atoms with Crippen LogP contribution in [-0.4, -0.2) is 0 Å². The molecule has 0 fully saturated rings. The molecule has 4 rings (SSSR count). The zero-order valence-electron chi connectivity index (χ0n) is 21.3. The minimum Gasteiger partial charge on any atom is -0.0955 e. The molecule has 0 unspecified atom stereocenters. The van der Waals surface area contributed by atoms with Gasteiger partial charge in [0.05, 0.1) is 0 Å². The highest BCUT2D eigenvalue weighted by Gasteiger charge is 2.63. The van der Waals surface area contributed by atoms with E-state index in [-0.39, 0.29) is 21.7 Å². The van der Waals surface area contributed by atoms with E-state index in [9.17, 15) is 0 Å². The number of aryl methyl sites for hydroxylation is 1. The van der Waals surface area contributed by atoms with Crippen LogP contribution in [0.3, 0.4) is 0 Å². The highest BCUT2D eigenvalue weighted by Crippen LogP contribution is 2.73. The Labute approximate surface area is 190 Å². The number of rotatable bonds is 1. The fourth-order valence-electron chi connectivity index (χ4n) is 7.90. The van der Waals surface area contributed by atoms with Crippen LogP contribution in [-0.2, 0) is 5.41 Å². The lowest BCUT2D eigenvalue weighted by atomic mass is 9.38. The van der Waals surface area contributed by atoms with Gasteiger partial charge in [-0.3, -0.25) is 0 Å².